The van der Waals surface area contributed by atoms with Crippen molar-refractivity contribution >= 4 is 28.6 Å². The van der Waals surface area contributed by atoms with Crippen molar-refractivity contribution in [3.8, 4) is 5.75 Å². The van der Waals surface area contributed by atoms with Crippen molar-refractivity contribution in [3.63, 3.8) is 0 Å². The van der Waals surface area contributed by atoms with Gasteiger partial charge in [-0.05, 0) is 23.6 Å². The zero-order chi connectivity index (χ0) is 13.1. The second-order valence-corrected chi connectivity index (χ2v) is 4.66. The molecule has 4 nitrogen and oxygen atoms in total. The number of benzene rings is 1. The number of rotatable bonds is 3. The molecule has 1 aromatic heterocycles. The smallest absolute Gasteiger partial charge is 0.271 e. The van der Waals surface area contributed by atoms with Gasteiger partial charge in [-0.25, -0.2) is 0 Å². The monoisotopic (exact) mass is 262 g/mol. The van der Waals surface area contributed by atoms with Crippen LogP contribution in [0.3, 0.4) is 0 Å². The number of nitrogens with zero attached hydrogens (tertiary/aromatic N) is 1. The summed E-state index contributed by atoms with van der Waals surface area (Å²) in [5, 5.41) is 1.83. The molecule has 0 aliphatic rings. The highest BCUT2D eigenvalue weighted by molar-refractivity contribution is 7.12. The summed E-state index contributed by atoms with van der Waals surface area (Å²) in [7, 11) is 3.25. The van der Waals surface area contributed by atoms with Gasteiger partial charge in [-0.2, -0.15) is 0 Å². The first-order valence-corrected chi connectivity index (χ1v) is 6.27. The van der Waals surface area contributed by atoms with Gasteiger partial charge in [-0.1, -0.05) is 12.1 Å². The number of nitrogens with two attached hydrogens (primary N) is 1. The first kappa shape index (κ1) is 12.4. The Bertz CT molecular complexity index is 566. The Morgan fingerprint density at radius 1 is 1.33 bits per heavy atom. The molecule has 2 aromatic rings. The van der Waals surface area contributed by atoms with Gasteiger partial charge >= 0.3 is 0 Å². The van der Waals surface area contributed by atoms with E-state index in [-0.39, 0.29) is 5.91 Å². The van der Waals surface area contributed by atoms with Gasteiger partial charge in [0.2, 0.25) is 0 Å². The fraction of sp³-hybridized carbons (Fsp3) is 0.154. The number of carbonyl (C=O) groups excluding carboxylic acids is 1. The van der Waals surface area contributed by atoms with Crippen molar-refractivity contribution in [2.45, 2.75) is 0 Å². The number of carbonyl (C=O) groups is 1. The normalized spacial score (nSPS) is 10.1. The number of ether oxygens (including phenoxy) is 1. The van der Waals surface area contributed by atoms with Crippen LogP contribution in [0.15, 0.2) is 35.7 Å². The van der Waals surface area contributed by atoms with Gasteiger partial charge in [-0.3, -0.25) is 4.79 Å². The van der Waals surface area contributed by atoms with Crippen LogP contribution in [0, 0.1) is 0 Å². The van der Waals surface area contributed by atoms with E-state index < -0.39 is 0 Å². The van der Waals surface area contributed by atoms with Crippen LogP contribution in [0.5, 0.6) is 5.75 Å². The van der Waals surface area contributed by atoms with E-state index in [1.807, 2.05) is 23.6 Å². The van der Waals surface area contributed by atoms with Gasteiger partial charge in [0.25, 0.3) is 5.91 Å². The predicted octanol–water partition coefficient (Wildman–Crippen LogP) is 2.62. The highest BCUT2D eigenvalue weighted by Crippen LogP contribution is 2.29. The minimum absolute atomic E-state index is 0.125. The summed E-state index contributed by atoms with van der Waals surface area (Å²) in [6.45, 7) is 0. The van der Waals surface area contributed by atoms with Gasteiger partial charge in [0.05, 0.1) is 18.5 Å². The number of para-hydroxylation sites is 2. The number of nitrogen functional groups attached to an aromatic ring is 1. The van der Waals surface area contributed by atoms with Crippen molar-refractivity contribution in [2.75, 3.05) is 24.8 Å². The molecule has 1 heterocycles. The van der Waals surface area contributed by atoms with Crippen LogP contribution in [0.25, 0.3) is 0 Å². The molecule has 0 aliphatic carbocycles. The topological polar surface area (TPSA) is 55.6 Å². The zero-order valence-electron chi connectivity index (χ0n) is 10.2. The molecular formula is C13H14N2O2S. The molecule has 18 heavy (non-hydrogen) atoms. The molecule has 0 saturated carbocycles. The summed E-state index contributed by atoms with van der Waals surface area (Å²) in [4.78, 5) is 14.4. The van der Waals surface area contributed by atoms with Crippen molar-refractivity contribution in [2.24, 2.45) is 0 Å². The SMILES string of the molecule is COc1ccsc1C(=O)N(C)c1ccccc1N. The molecule has 0 atom stereocenters. The number of hydrogen-bond acceptors (Lipinski definition) is 4. The molecule has 0 bridgehead atoms. The second-order valence-electron chi connectivity index (χ2n) is 3.74. The van der Waals surface area contributed by atoms with E-state index in [0.717, 1.165) is 0 Å². The number of thiophene rings is 1. The van der Waals surface area contributed by atoms with Gasteiger partial charge in [-0.15, -0.1) is 11.3 Å². The molecule has 0 aliphatic heterocycles. The van der Waals surface area contributed by atoms with Crippen LogP contribution in [-0.2, 0) is 0 Å². The fourth-order valence-corrected chi connectivity index (χ4v) is 2.50. The van der Waals surface area contributed by atoms with Crippen LogP contribution in [0.4, 0.5) is 11.4 Å². The largest absolute Gasteiger partial charge is 0.495 e. The first-order valence-electron chi connectivity index (χ1n) is 5.39. The van der Waals surface area contributed by atoms with E-state index >= 15 is 0 Å². The lowest BCUT2D eigenvalue weighted by molar-refractivity contribution is 0.0994. The molecule has 2 N–H and O–H groups in total. The van der Waals surface area contributed by atoms with E-state index in [0.29, 0.717) is 22.0 Å². The third-order valence-electron chi connectivity index (χ3n) is 2.65. The Morgan fingerprint density at radius 3 is 2.72 bits per heavy atom. The quantitative estimate of drug-likeness (QED) is 0.865. The second kappa shape index (κ2) is 5.10. The molecule has 0 saturated heterocycles. The summed E-state index contributed by atoms with van der Waals surface area (Å²) in [5.74, 6) is 0.464. The van der Waals surface area contributed by atoms with E-state index in [4.69, 9.17) is 10.5 Å². The van der Waals surface area contributed by atoms with Crippen LogP contribution in [0.2, 0.25) is 0 Å². The molecular weight excluding hydrogens is 248 g/mol. The van der Waals surface area contributed by atoms with Crippen LogP contribution >= 0.6 is 11.3 Å². The third-order valence-corrected chi connectivity index (χ3v) is 3.53. The van der Waals surface area contributed by atoms with Gasteiger partial charge in [0, 0.05) is 7.05 Å². The summed E-state index contributed by atoms with van der Waals surface area (Å²) in [5.41, 5.74) is 7.13. The van der Waals surface area contributed by atoms with E-state index in [1.54, 1.807) is 26.3 Å². The van der Waals surface area contributed by atoms with E-state index in [2.05, 4.69) is 0 Å². The maximum absolute atomic E-state index is 12.3. The molecule has 2 rings (SSSR count). The van der Waals surface area contributed by atoms with Crippen LogP contribution < -0.4 is 15.4 Å². The summed E-state index contributed by atoms with van der Waals surface area (Å²) >= 11 is 1.35. The number of methoxy groups -OCH3 is 1. The molecule has 0 unspecified atom stereocenters. The van der Waals surface area contributed by atoms with E-state index in [1.165, 1.54) is 16.2 Å². The van der Waals surface area contributed by atoms with Gasteiger partial charge < -0.3 is 15.4 Å². The zero-order valence-corrected chi connectivity index (χ0v) is 11.0. The van der Waals surface area contributed by atoms with Crippen molar-refractivity contribution in [1.29, 1.82) is 0 Å². The summed E-state index contributed by atoms with van der Waals surface area (Å²) in [6.07, 6.45) is 0. The molecule has 0 spiro atoms. The Labute approximate surface area is 110 Å². The number of anilines is 2. The molecule has 5 heteroatoms. The average molecular weight is 262 g/mol. The van der Waals surface area contributed by atoms with Gasteiger partial charge in [0.15, 0.2) is 0 Å². The maximum atomic E-state index is 12.3. The highest BCUT2D eigenvalue weighted by atomic mass is 32.1. The maximum Gasteiger partial charge on any atom is 0.271 e. The summed E-state index contributed by atoms with van der Waals surface area (Å²) < 4.78 is 5.15. The lowest BCUT2D eigenvalue weighted by Crippen LogP contribution is -2.26. The molecule has 1 aromatic carbocycles. The average Bonchev–Trinajstić information content (AvgIpc) is 2.86. The van der Waals surface area contributed by atoms with Crippen molar-refractivity contribution < 1.29 is 9.53 Å². The number of hydrogen-bond donors (Lipinski definition) is 1. The third kappa shape index (κ3) is 2.17. The van der Waals surface area contributed by atoms with Crippen molar-refractivity contribution in [3.05, 3.63) is 40.6 Å². The molecule has 94 valence electrons. The van der Waals surface area contributed by atoms with Crippen LogP contribution in [-0.4, -0.2) is 20.1 Å². The molecule has 0 fully saturated rings. The van der Waals surface area contributed by atoms with Crippen LogP contribution in [0.1, 0.15) is 9.67 Å². The highest BCUT2D eigenvalue weighted by Gasteiger charge is 2.20. The van der Waals surface area contributed by atoms with E-state index in [9.17, 15) is 4.79 Å². The lowest BCUT2D eigenvalue weighted by Gasteiger charge is -2.18. The minimum Gasteiger partial charge on any atom is -0.495 e. The molecule has 0 radical (unpaired) electrons. The molecule has 1 amide bonds. The fourth-order valence-electron chi connectivity index (χ4n) is 1.67. The minimum atomic E-state index is -0.125. The summed E-state index contributed by atoms with van der Waals surface area (Å²) in [6, 6.07) is 9.04. The standard InChI is InChI=1S/C13H14N2O2S/c1-15(10-6-4-3-5-9(10)14)13(16)12-11(17-2)7-8-18-12/h3-8H,14H2,1-2H3. The van der Waals surface area contributed by atoms with Gasteiger partial charge in [0.1, 0.15) is 10.6 Å². The first-order chi connectivity index (χ1) is 8.65. The lowest BCUT2D eigenvalue weighted by atomic mass is 10.2. The Kier molecular flexibility index (Phi) is 3.53. The Hall–Kier alpha value is -2.01. The Balaban J connectivity index is 2.33. The Morgan fingerprint density at radius 2 is 2.06 bits per heavy atom. The predicted molar refractivity (Wildman–Crippen MR) is 74.5 cm³/mol. The number of amides is 1. The van der Waals surface area contributed by atoms with Crippen molar-refractivity contribution in [1.82, 2.24) is 0 Å².